The van der Waals surface area contributed by atoms with Gasteiger partial charge in [-0.25, -0.2) is 0 Å². The Labute approximate surface area is 113 Å². The minimum atomic E-state index is -0.102. The zero-order valence-electron chi connectivity index (χ0n) is 11.3. The van der Waals surface area contributed by atoms with E-state index in [0.717, 1.165) is 24.9 Å². The highest BCUT2D eigenvalue weighted by molar-refractivity contribution is 5.88. The summed E-state index contributed by atoms with van der Waals surface area (Å²) in [5, 5.41) is 3.34. The Morgan fingerprint density at radius 3 is 2.89 bits per heavy atom. The van der Waals surface area contributed by atoms with E-state index in [2.05, 4.69) is 11.4 Å². The number of nitrogens with one attached hydrogen (secondary N) is 1. The van der Waals surface area contributed by atoms with Gasteiger partial charge in [-0.3, -0.25) is 4.79 Å². The van der Waals surface area contributed by atoms with Crippen molar-refractivity contribution in [3.8, 4) is 0 Å². The highest BCUT2D eigenvalue weighted by Crippen LogP contribution is 2.30. The van der Waals surface area contributed by atoms with Crippen LogP contribution in [-0.2, 0) is 16.0 Å². The van der Waals surface area contributed by atoms with Gasteiger partial charge in [-0.05, 0) is 24.5 Å². The van der Waals surface area contributed by atoms with Crippen LogP contribution >= 0.6 is 0 Å². The summed E-state index contributed by atoms with van der Waals surface area (Å²) in [5.41, 5.74) is 2.34. The summed E-state index contributed by atoms with van der Waals surface area (Å²) in [6, 6.07) is 8.49. The molecule has 1 atom stereocenters. The van der Waals surface area contributed by atoms with E-state index in [-0.39, 0.29) is 11.9 Å². The molecule has 1 amide bonds. The minimum absolute atomic E-state index is 0.102. The zero-order chi connectivity index (χ0) is 13.2. The van der Waals surface area contributed by atoms with E-state index in [9.17, 15) is 4.79 Å². The third-order valence-corrected chi connectivity index (χ3v) is 3.88. The Bertz CT molecular complexity index is 446. The van der Waals surface area contributed by atoms with Gasteiger partial charge in [0.05, 0.1) is 6.61 Å². The van der Waals surface area contributed by atoms with Crippen LogP contribution in [0, 0.1) is 0 Å². The van der Waals surface area contributed by atoms with Gasteiger partial charge in [0.2, 0.25) is 5.91 Å². The molecule has 19 heavy (non-hydrogen) atoms. The number of para-hydroxylation sites is 1. The lowest BCUT2D eigenvalue weighted by Gasteiger charge is -2.25. The Kier molecular flexibility index (Phi) is 3.42. The van der Waals surface area contributed by atoms with Crippen molar-refractivity contribution in [3.63, 3.8) is 0 Å². The van der Waals surface area contributed by atoms with E-state index in [1.165, 1.54) is 5.56 Å². The Hall–Kier alpha value is -1.55. The largest absolute Gasteiger partial charge is 0.383 e. The van der Waals surface area contributed by atoms with E-state index in [0.29, 0.717) is 19.2 Å². The molecule has 1 N–H and O–H groups in total. The van der Waals surface area contributed by atoms with Crippen LogP contribution in [0.3, 0.4) is 0 Å². The molecular weight excluding hydrogens is 240 g/mol. The van der Waals surface area contributed by atoms with E-state index >= 15 is 0 Å². The number of rotatable bonds is 5. The molecule has 102 valence electrons. The van der Waals surface area contributed by atoms with Gasteiger partial charge >= 0.3 is 0 Å². The van der Waals surface area contributed by atoms with E-state index in [1.807, 2.05) is 23.1 Å². The molecule has 0 aromatic heterocycles. The van der Waals surface area contributed by atoms with Crippen LogP contribution in [0.25, 0.3) is 0 Å². The average molecular weight is 260 g/mol. The van der Waals surface area contributed by atoms with E-state index < -0.39 is 0 Å². The highest BCUT2D eigenvalue weighted by atomic mass is 16.5. The van der Waals surface area contributed by atoms with Crippen LogP contribution in [0.1, 0.15) is 18.4 Å². The number of hydrogen-bond donors (Lipinski definition) is 1. The molecule has 0 bridgehead atoms. The molecule has 1 aliphatic heterocycles. The number of carbonyl (C=O) groups is 1. The van der Waals surface area contributed by atoms with Crippen molar-refractivity contribution in [2.45, 2.75) is 31.3 Å². The summed E-state index contributed by atoms with van der Waals surface area (Å²) in [5.74, 6) is 0.218. The van der Waals surface area contributed by atoms with Crippen LogP contribution in [-0.4, -0.2) is 43.2 Å². The number of hydrogen-bond acceptors (Lipinski definition) is 3. The van der Waals surface area contributed by atoms with Gasteiger partial charge in [0.25, 0.3) is 0 Å². The quantitative estimate of drug-likeness (QED) is 0.875. The molecule has 1 aromatic carbocycles. The third kappa shape index (κ3) is 2.59. The fourth-order valence-corrected chi connectivity index (χ4v) is 2.70. The molecule has 1 heterocycles. The predicted octanol–water partition coefficient (Wildman–Crippen LogP) is 1.66. The molecule has 1 aliphatic carbocycles. The van der Waals surface area contributed by atoms with Crippen LogP contribution in [0.15, 0.2) is 24.3 Å². The topological polar surface area (TPSA) is 41.6 Å². The Morgan fingerprint density at radius 1 is 1.42 bits per heavy atom. The maximum absolute atomic E-state index is 12.6. The average Bonchev–Trinajstić information content (AvgIpc) is 3.17. The molecule has 2 aliphatic rings. The zero-order valence-corrected chi connectivity index (χ0v) is 11.3. The summed E-state index contributed by atoms with van der Waals surface area (Å²) in [4.78, 5) is 14.6. The molecule has 0 saturated heterocycles. The van der Waals surface area contributed by atoms with Gasteiger partial charge in [0.15, 0.2) is 0 Å². The van der Waals surface area contributed by atoms with E-state index in [1.54, 1.807) is 7.11 Å². The molecule has 1 unspecified atom stereocenters. The number of anilines is 1. The highest BCUT2D eigenvalue weighted by Gasteiger charge is 2.37. The van der Waals surface area contributed by atoms with Crippen molar-refractivity contribution in [2.75, 3.05) is 25.6 Å². The van der Waals surface area contributed by atoms with Crippen LogP contribution in [0.5, 0.6) is 0 Å². The standard InChI is InChI=1S/C15H20N2O2/c1-19-9-8-17(12-6-7-12)15(18)14-10-11-4-2-3-5-13(11)16-14/h2-5,12,14,16H,6-10H2,1H3. The SMILES string of the molecule is COCCN(C(=O)C1Cc2ccccc2N1)C1CC1. The lowest BCUT2D eigenvalue weighted by atomic mass is 10.1. The van der Waals surface area contributed by atoms with Gasteiger partial charge < -0.3 is 15.0 Å². The van der Waals surface area contributed by atoms with Gasteiger partial charge in [-0.15, -0.1) is 0 Å². The molecule has 4 heteroatoms. The van der Waals surface area contributed by atoms with Crippen molar-refractivity contribution in [2.24, 2.45) is 0 Å². The number of benzene rings is 1. The third-order valence-electron chi connectivity index (χ3n) is 3.88. The summed E-state index contributed by atoms with van der Waals surface area (Å²) < 4.78 is 5.11. The fourth-order valence-electron chi connectivity index (χ4n) is 2.70. The second kappa shape index (κ2) is 5.21. The Balaban J connectivity index is 1.67. The lowest BCUT2D eigenvalue weighted by molar-refractivity contribution is -0.133. The van der Waals surface area contributed by atoms with Crippen LogP contribution < -0.4 is 5.32 Å². The first-order valence-electron chi connectivity index (χ1n) is 6.93. The summed E-state index contributed by atoms with van der Waals surface area (Å²) in [6.07, 6.45) is 3.06. The summed E-state index contributed by atoms with van der Waals surface area (Å²) in [7, 11) is 1.68. The normalized spacial score (nSPS) is 20.8. The number of carbonyl (C=O) groups excluding carboxylic acids is 1. The predicted molar refractivity (Wildman–Crippen MR) is 74.2 cm³/mol. The first-order valence-corrected chi connectivity index (χ1v) is 6.93. The molecule has 3 rings (SSSR count). The van der Waals surface area contributed by atoms with Crippen molar-refractivity contribution in [1.82, 2.24) is 4.90 Å². The summed E-state index contributed by atoms with van der Waals surface area (Å²) in [6.45, 7) is 1.32. The number of ether oxygens (including phenoxy) is 1. The molecule has 4 nitrogen and oxygen atoms in total. The van der Waals surface area contributed by atoms with Crippen molar-refractivity contribution in [3.05, 3.63) is 29.8 Å². The lowest BCUT2D eigenvalue weighted by Crippen LogP contribution is -2.44. The van der Waals surface area contributed by atoms with Gasteiger partial charge in [-0.2, -0.15) is 0 Å². The molecule has 1 fully saturated rings. The minimum Gasteiger partial charge on any atom is -0.383 e. The van der Waals surface area contributed by atoms with Crippen molar-refractivity contribution < 1.29 is 9.53 Å². The van der Waals surface area contributed by atoms with Crippen LogP contribution in [0.4, 0.5) is 5.69 Å². The number of fused-ring (bicyclic) bond motifs is 1. The fraction of sp³-hybridized carbons (Fsp3) is 0.533. The number of methoxy groups -OCH3 is 1. The van der Waals surface area contributed by atoms with Crippen molar-refractivity contribution in [1.29, 1.82) is 0 Å². The molecule has 0 spiro atoms. The summed E-state index contributed by atoms with van der Waals surface area (Å²) >= 11 is 0. The van der Waals surface area contributed by atoms with Gasteiger partial charge in [0.1, 0.15) is 6.04 Å². The molecule has 1 aromatic rings. The van der Waals surface area contributed by atoms with Crippen LogP contribution in [0.2, 0.25) is 0 Å². The first kappa shape index (κ1) is 12.5. The van der Waals surface area contributed by atoms with Crippen molar-refractivity contribution >= 4 is 11.6 Å². The molecular formula is C15H20N2O2. The van der Waals surface area contributed by atoms with Gasteiger partial charge in [0, 0.05) is 31.8 Å². The van der Waals surface area contributed by atoms with Gasteiger partial charge in [-0.1, -0.05) is 18.2 Å². The maximum atomic E-state index is 12.6. The smallest absolute Gasteiger partial charge is 0.245 e. The second-order valence-corrected chi connectivity index (χ2v) is 5.31. The second-order valence-electron chi connectivity index (χ2n) is 5.31. The van der Waals surface area contributed by atoms with E-state index in [4.69, 9.17) is 4.74 Å². The first-order chi connectivity index (χ1) is 9.29. The number of nitrogens with zero attached hydrogens (tertiary/aromatic N) is 1. The Morgan fingerprint density at radius 2 is 2.21 bits per heavy atom. The molecule has 0 radical (unpaired) electrons. The monoisotopic (exact) mass is 260 g/mol. The number of amides is 1. The molecule has 1 saturated carbocycles. The maximum Gasteiger partial charge on any atom is 0.245 e.